The Bertz CT molecular complexity index is 2180. The van der Waals surface area contributed by atoms with E-state index in [2.05, 4.69) is 34.2 Å². The van der Waals surface area contributed by atoms with E-state index in [0.717, 1.165) is 66.2 Å². The maximum absolute atomic E-state index is 6.39. The number of benzene rings is 3. The third kappa shape index (κ3) is 3.46. The van der Waals surface area contributed by atoms with Crippen molar-refractivity contribution in [1.29, 1.82) is 0 Å². The molecule has 8 aromatic rings. The second-order valence-electron chi connectivity index (χ2n) is 9.37. The molecule has 39 heavy (non-hydrogen) atoms. The average Bonchev–Trinajstić information content (AvgIpc) is 3.39. The van der Waals surface area contributed by atoms with Crippen LogP contribution in [0.15, 0.2) is 120 Å². The molecule has 0 radical (unpaired) electrons. The van der Waals surface area contributed by atoms with Crippen molar-refractivity contribution in [3.63, 3.8) is 0 Å². The van der Waals surface area contributed by atoms with E-state index in [1.165, 1.54) is 0 Å². The van der Waals surface area contributed by atoms with Crippen LogP contribution in [0.5, 0.6) is 0 Å². The van der Waals surface area contributed by atoms with Crippen molar-refractivity contribution in [2.24, 2.45) is 0 Å². The lowest BCUT2D eigenvalue weighted by Gasteiger charge is -2.11. The number of rotatable bonds is 3. The Balaban J connectivity index is 1.38. The highest BCUT2D eigenvalue weighted by molar-refractivity contribution is 6.08. The molecular formula is C33H19N5O. The first-order valence-electron chi connectivity index (χ1n) is 12.7. The number of furan rings is 1. The highest BCUT2D eigenvalue weighted by Gasteiger charge is 2.19. The van der Waals surface area contributed by atoms with Gasteiger partial charge in [0.05, 0.1) is 22.3 Å². The van der Waals surface area contributed by atoms with Gasteiger partial charge >= 0.3 is 0 Å². The molecule has 0 fully saturated rings. The number of aromatic nitrogens is 5. The molecule has 0 saturated heterocycles. The van der Waals surface area contributed by atoms with Crippen LogP contribution in [-0.4, -0.2) is 24.9 Å². The minimum atomic E-state index is 0.588. The number of hydrogen-bond acceptors (Lipinski definition) is 6. The van der Waals surface area contributed by atoms with Crippen LogP contribution < -0.4 is 0 Å². The Morgan fingerprint density at radius 1 is 0.538 bits per heavy atom. The highest BCUT2D eigenvalue weighted by atomic mass is 16.3. The molecular weight excluding hydrogens is 482 g/mol. The van der Waals surface area contributed by atoms with Crippen molar-refractivity contribution in [2.45, 2.75) is 0 Å². The van der Waals surface area contributed by atoms with Gasteiger partial charge < -0.3 is 4.42 Å². The van der Waals surface area contributed by atoms with Gasteiger partial charge in [-0.15, -0.1) is 0 Å². The van der Waals surface area contributed by atoms with Gasteiger partial charge in [0.1, 0.15) is 11.1 Å². The third-order valence-corrected chi connectivity index (χ3v) is 7.11. The van der Waals surface area contributed by atoms with Crippen LogP contribution in [0.25, 0.3) is 77.6 Å². The van der Waals surface area contributed by atoms with Crippen LogP contribution in [0.2, 0.25) is 0 Å². The van der Waals surface area contributed by atoms with E-state index in [1.54, 1.807) is 18.6 Å². The largest absolute Gasteiger partial charge is 0.454 e. The minimum Gasteiger partial charge on any atom is -0.454 e. The van der Waals surface area contributed by atoms with Crippen molar-refractivity contribution in [1.82, 2.24) is 24.9 Å². The van der Waals surface area contributed by atoms with E-state index < -0.39 is 0 Å². The first-order valence-corrected chi connectivity index (χ1v) is 12.7. The second-order valence-corrected chi connectivity index (χ2v) is 9.37. The smallest absolute Gasteiger partial charge is 0.164 e. The molecule has 0 aliphatic carbocycles. The summed E-state index contributed by atoms with van der Waals surface area (Å²) in [6, 6.07) is 30.3. The fraction of sp³-hybridized carbons (Fsp3) is 0. The van der Waals surface area contributed by atoms with E-state index in [9.17, 15) is 0 Å². The zero-order valence-electron chi connectivity index (χ0n) is 20.6. The molecule has 0 amide bonds. The Morgan fingerprint density at radius 2 is 1.31 bits per heavy atom. The summed E-state index contributed by atoms with van der Waals surface area (Å²) >= 11 is 0. The quantitative estimate of drug-likeness (QED) is 0.245. The van der Waals surface area contributed by atoms with E-state index in [4.69, 9.17) is 19.4 Å². The summed E-state index contributed by atoms with van der Waals surface area (Å²) < 4.78 is 6.39. The van der Waals surface area contributed by atoms with Crippen molar-refractivity contribution < 1.29 is 4.42 Å². The molecule has 0 bridgehead atoms. The van der Waals surface area contributed by atoms with E-state index in [1.807, 2.05) is 72.9 Å². The van der Waals surface area contributed by atoms with E-state index >= 15 is 0 Å². The van der Waals surface area contributed by atoms with Gasteiger partial charge in [-0.25, -0.2) is 9.97 Å². The molecule has 0 aliphatic heterocycles. The van der Waals surface area contributed by atoms with Crippen LogP contribution in [0.3, 0.4) is 0 Å². The van der Waals surface area contributed by atoms with Gasteiger partial charge in [0.2, 0.25) is 0 Å². The molecule has 6 heteroatoms. The summed E-state index contributed by atoms with van der Waals surface area (Å²) in [5, 5.41) is 2.97. The fourth-order valence-electron chi connectivity index (χ4n) is 5.26. The minimum absolute atomic E-state index is 0.588. The average molecular weight is 502 g/mol. The lowest BCUT2D eigenvalue weighted by molar-refractivity contribution is 0.669. The Labute approximate surface area is 222 Å². The molecule has 0 atom stereocenters. The predicted octanol–water partition coefficient (Wildman–Crippen LogP) is 7.87. The number of para-hydroxylation sites is 2. The maximum atomic E-state index is 6.39. The summed E-state index contributed by atoms with van der Waals surface area (Å²) in [4.78, 5) is 23.5. The highest BCUT2D eigenvalue weighted by Crippen LogP contribution is 2.38. The standard InChI is InChI=1S/C33H19N5O/c1-3-7-27-22(5-1)23(13-17-35-27)30-24-6-2-4-8-28(24)37-33(38-30)25-14-18-36-31-26-19-21(20-11-15-34-16-12-20)9-10-29(26)39-32(25)31/h1-19H. The van der Waals surface area contributed by atoms with Gasteiger partial charge in [0.15, 0.2) is 11.4 Å². The zero-order valence-corrected chi connectivity index (χ0v) is 20.6. The third-order valence-electron chi connectivity index (χ3n) is 7.11. The van der Waals surface area contributed by atoms with E-state index in [0.29, 0.717) is 11.4 Å². The number of fused-ring (bicyclic) bond motifs is 5. The van der Waals surface area contributed by atoms with Crippen molar-refractivity contribution in [3.8, 4) is 33.8 Å². The number of nitrogens with zero attached hydrogens (tertiary/aromatic N) is 5. The van der Waals surface area contributed by atoms with Crippen LogP contribution in [-0.2, 0) is 0 Å². The SMILES string of the molecule is c1ccc2c(-c3nc(-c4ccnc5c4oc4ccc(-c6ccncc6)cc45)nc4ccccc34)ccnc2c1. The molecule has 0 aliphatic rings. The first-order chi connectivity index (χ1) is 19.3. The number of pyridine rings is 3. The summed E-state index contributed by atoms with van der Waals surface area (Å²) in [5.41, 5.74) is 8.83. The van der Waals surface area contributed by atoms with Gasteiger partial charge in [0.25, 0.3) is 0 Å². The van der Waals surface area contributed by atoms with E-state index in [-0.39, 0.29) is 0 Å². The van der Waals surface area contributed by atoms with Crippen LogP contribution >= 0.6 is 0 Å². The second kappa shape index (κ2) is 8.53. The van der Waals surface area contributed by atoms with Gasteiger partial charge in [0, 0.05) is 46.5 Å². The van der Waals surface area contributed by atoms with Crippen molar-refractivity contribution in [3.05, 3.63) is 116 Å². The number of hydrogen-bond donors (Lipinski definition) is 0. The summed E-state index contributed by atoms with van der Waals surface area (Å²) in [7, 11) is 0. The van der Waals surface area contributed by atoms with Crippen molar-refractivity contribution in [2.75, 3.05) is 0 Å². The summed E-state index contributed by atoms with van der Waals surface area (Å²) in [6.45, 7) is 0. The normalized spacial score (nSPS) is 11.6. The summed E-state index contributed by atoms with van der Waals surface area (Å²) in [5.74, 6) is 0.588. The van der Waals surface area contributed by atoms with Gasteiger partial charge in [-0.1, -0.05) is 42.5 Å². The van der Waals surface area contributed by atoms with Gasteiger partial charge in [-0.2, -0.15) is 0 Å². The molecule has 0 saturated carbocycles. The first kappa shape index (κ1) is 21.6. The van der Waals surface area contributed by atoms with Crippen LogP contribution in [0.4, 0.5) is 0 Å². The van der Waals surface area contributed by atoms with Crippen LogP contribution in [0, 0.1) is 0 Å². The maximum Gasteiger partial charge on any atom is 0.164 e. The molecule has 5 aromatic heterocycles. The molecule has 0 spiro atoms. The van der Waals surface area contributed by atoms with Gasteiger partial charge in [-0.05, 0) is 59.7 Å². The predicted molar refractivity (Wildman–Crippen MR) is 154 cm³/mol. The van der Waals surface area contributed by atoms with Crippen molar-refractivity contribution >= 4 is 43.9 Å². The molecule has 8 rings (SSSR count). The molecule has 182 valence electrons. The molecule has 0 N–H and O–H groups in total. The lowest BCUT2D eigenvalue weighted by atomic mass is 10.0. The Hall–Kier alpha value is -5.49. The Kier molecular flexibility index (Phi) is 4.72. The molecule has 5 heterocycles. The van der Waals surface area contributed by atoms with Crippen LogP contribution in [0.1, 0.15) is 0 Å². The molecule has 0 unspecified atom stereocenters. The monoisotopic (exact) mass is 501 g/mol. The zero-order chi connectivity index (χ0) is 25.8. The lowest BCUT2D eigenvalue weighted by Crippen LogP contribution is -1.96. The molecule has 3 aromatic carbocycles. The summed E-state index contributed by atoms with van der Waals surface area (Å²) in [6.07, 6.45) is 7.22. The van der Waals surface area contributed by atoms with Gasteiger partial charge in [-0.3, -0.25) is 15.0 Å². The Morgan fingerprint density at radius 3 is 2.21 bits per heavy atom. The fourth-order valence-corrected chi connectivity index (χ4v) is 5.26. The topological polar surface area (TPSA) is 77.6 Å². The molecule has 6 nitrogen and oxygen atoms in total.